The maximum absolute atomic E-state index is 6.31. The highest BCUT2D eigenvalue weighted by Crippen LogP contribution is 2.52. The molecular formula is C32H23NOS. The number of pyridine rings is 1. The molecule has 0 amide bonds. The molecule has 4 aromatic carbocycles. The van der Waals surface area contributed by atoms with E-state index in [0.717, 1.165) is 11.5 Å². The first-order chi connectivity index (χ1) is 17.1. The molecule has 7 rings (SSSR count). The molecule has 1 aliphatic rings. The summed E-state index contributed by atoms with van der Waals surface area (Å²) in [7, 11) is 0. The molecule has 0 spiro atoms. The van der Waals surface area contributed by atoms with Gasteiger partial charge in [-0.3, -0.25) is 4.98 Å². The first kappa shape index (κ1) is 20.4. The number of aromatic nitrogens is 1. The summed E-state index contributed by atoms with van der Waals surface area (Å²) >= 11 is 1.86. The molecule has 168 valence electrons. The molecule has 3 heteroatoms. The third kappa shape index (κ3) is 2.92. The molecule has 0 aliphatic carbocycles. The van der Waals surface area contributed by atoms with E-state index in [4.69, 9.17) is 4.74 Å². The van der Waals surface area contributed by atoms with Crippen molar-refractivity contribution < 1.29 is 4.74 Å². The zero-order valence-corrected chi connectivity index (χ0v) is 20.4. The Morgan fingerprint density at radius 3 is 2.23 bits per heavy atom. The molecule has 6 aromatic rings. The van der Waals surface area contributed by atoms with Crippen LogP contribution in [-0.4, -0.2) is 4.98 Å². The van der Waals surface area contributed by atoms with Crippen molar-refractivity contribution in [1.82, 2.24) is 4.98 Å². The van der Waals surface area contributed by atoms with Crippen molar-refractivity contribution in [3.8, 4) is 22.6 Å². The second-order valence-electron chi connectivity index (χ2n) is 9.41. The van der Waals surface area contributed by atoms with Gasteiger partial charge in [0, 0.05) is 60.2 Å². The molecule has 0 N–H and O–H groups in total. The van der Waals surface area contributed by atoms with Crippen molar-refractivity contribution in [1.29, 1.82) is 0 Å². The number of hydrogen-bond donors (Lipinski definition) is 0. The van der Waals surface area contributed by atoms with Crippen LogP contribution in [0.25, 0.3) is 31.3 Å². The highest BCUT2D eigenvalue weighted by molar-refractivity contribution is 7.26. The van der Waals surface area contributed by atoms with Crippen molar-refractivity contribution in [2.24, 2.45) is 0 Å². The Balaban J connectivity index is 1.50. The van der Waals surface area contributed by atoms with Crippen LogP contribution in [0.15, 0.2) is 103 Å². The van der Waals surface area contributed by atoms with Crippen LogP contribution in [0.1, 0.15) is 29.2 Å². The Morgan fingerprint density at radius 1 is 0.743 bits per heavy atom. The van der Waals surface area contributed by atoms with Crippen LogP contribution >= 0.6 is 11.3 Å². The molecule has 0 radical (unpaired) electrons. The Morgan fingerprint density at radius 2 is 1.49 bits per heavy atom. The number of ether oxygens (including phenoxy) is 1. The van der Waals surface area contributed by atoms with E-state index in [0.29, 0.717) is 0 Å². The Labute approximate surface area is 208 Å². The topological polar surface area (TPSA) is 22.1 Å². The summed E-state index contributed by atoms with van der Waals surface area (Å²) < 4.78 is 8.92. The van der Waals surface area contributed by atoms with Gasteiger partial charge in [-0.2, -0.15) is 0 Å². The number of hydrogen-bond acceptors (Lipinski definition) is 3. The summed E-state index contributed by atoms with van der Waals surface area (Å²) in [6.07, 6.45) is 3.84. The summed E-state index contributed by atoms with van der Waals surface area (Å²) in [5.41, 5.74) is 7.05. The third-order valence-electron chi connectivity index (χ3n) is 7.47. The van der Waals surface area contributed by atoms with E-state index in [1.807, 2.05) is 35.9 Å². The molecule has 0 bridgehead atoms. The predicted octanol–water partition coefficient (Wildman–Crippen LogP) is 8.88. The lowest BCUT2D eigenvalue weighted by molar-refractivity contribution is 0.427. The fraction of sp³-hybridized carbons (Fsp3) is 0.0938. The molecule has 0 unspecified atom stereocenters. The highest BCUT2D eigenvalue weighted by atomic mass is 32.1. The van der Waals surface area contributed by atoms with E-state index >= 15 is 0 Å². The van der Waals surface area contributed by atoms with Crippen molar-refractivity contribution in [3.05, 3.63) is 126 Å². The van der Waals surface area contributed by atoms with Gasteiger partial charge in [0.25, 0.3) is 0 Å². The van der Waals surface area contributed by atoms with Crippen molar-refractivity contribution in [2.75, 3.05) is 0 Å². The van der Waals surface area contributed by atoms with Gasteiger partial charge in [-0.25, -0.2) is 0 Å². The lowest BCUT2D eigenvalue weighted by Gasteiger charge is -2.38. The van der Waals surface area contributed by atoms with Crippen LogP contribution in [0.4, 0.5) is 0 Å². The lowest BCUT2D eigenvalue weighted by Crippen LogP contribution is -2.29. The molecule has 0 saturated heterocycles. The van der Waals surface area contributed by atoms with E-state index in [9.17, 15) is 0 Å². The van der Waals surface area contributed by atoms with Gasteiger partial charge in [-0.1, -0.05) is 60.7 Å². The third-order valence-corrected chi connectivity index (χ3v) is 8.69. The van der Waals surface area contributed by atoms with E-state index in [2.05, 4.69) is 97.7 Å². The van der Waals surface area contributed by atoms with Crippen LogP contribution in [0.2, 0.25) is 0 Å². The van der Waals surface area contributed by atoms with Gasteiger partial charge in [0.15, 0.2) is 0 Å². The van der Waals surface area contributed by atoms with Crippen LogP contribution in [0.3, 0.4) is 0 Å². The van der Waals surface area contributed by atoms with Gasteiger partial charge in [0.2, 0.25) is 0 Å². The van der Waals surface area contributed by atoms with Gasteiger partial charge in [0.05, 0.1) is 0 Å². The maximum atomic E-state index is 6.31. The predicted molar refractivity (Wildman–Crippen MR) is 146 cm³/mol. The second-order valence-corrected chi connectivity index (χ2v) is 10.5. The number of rotatable bonds is 2. The average molecular weight is 470 g/mol. The molecule has 35 heavy (non-hydrogen) atoms. The molecule has 0 fully saturated rings. The molecule has 2 aromatic heterocycles. The quantitative estimate of drug-likeness (QED) is 0.253. The van der Waals surface area contributed by atoms with Crippen LogP contribution in [0, 0.1) is 6.92 Å². The SMILES string of the molecule is Cc1ccncc1-c1cccc2c1sc1ccc(C3(C)c4ccccc4Oc4ccccc43)cc12. The van der Waals surface area contributed by atoms with Crippen molar-refractivity contribution in [3.63, 3.8) is 0 Å². The zero-order chi connectivity index (χ0) is 23.6. The van der Waals surface area contributed by atoms with Gasteiger partial charge in [0.1, 0.15) is 11.5 Å². The van der Waals surface area contributed by atoms with E-state index < -0.39 is 0 Å². The van der Waals surface area contributed by atoms with E-state index in [1.165, 1.54) is 53.6 Å². The minimum Gasteiger partial charge on any atom is -0.457 e. The molecule has 2 nitrogen and oxygen atoms in total. The smallest absolute Gasteiger partial charge is 0.131 e. The minimum atomic E-state index is -0.314. The summed E-state index contributed by atoms with van der Waals surface area (Å²) in [4.78, 5) is 4.40. The van der Waals surface area contributed by atoms with Gasteiger partial charge in [-0.05, 0) is 55.3 Å². The number of thiophene rings is 1. The van der Waals surface area contributed by atoms with Gasteiger partial charge < -0.3 is 4.74 Å². The monoisotopic (exact) mass is 469 g/mol. The molecular weight excluding hydrogens is 446 g/mol. The Bertz CT molecular complexity index is 1720. The van der Waals surface area contributed by atoms with Crippen LogP contribution in [-0.2, 0) is 5.41 Å². The van der Waals surface area contributed by atoms with E-state index in [-0.39, 0.29) is 5.41 Å². The molecule has 0 saturated carbocycles. The first-order valence-electron chi connectivity index (χ1n) is 11.9. The second kappa shape index (κ2) is 7.53. The fourth-order valence-corrected chi connectivity index (χ4v) is 6.79. The molecule has 0 atom stereocenters. The van der Waals surface area contributed by atoms with E-state index in [1.54, 1.807) is 0 Å². The first-order valence-corrected chi connectivity index (χ1v) is 12.7. The summed E-state index contributed by atoms with van der Waals surface area (Å²) in [5, 5.41) is 2.60. The van der Waals surface area contributed by atoms with Gasteiger partial charge >= 0.3 is 0 Å². The number of para-hydroxylation sites is 2. The van der Waals surface area contributed by atoms with Crippen LogP contribution in [0.5, 0.6) is 11.5 Å². The summed E-state index contributed by atoms with van der Waals surface area (Å²) in [6.45, 7) is 4.48. The number of benzene rings is 4. The highest BCUT2D eigenvalue weighted by Gasteiger charge is 2.39. The van der Waals surface area contributed by atoms with Gasteiger partial charge in [-0.15, -0.1) is 11.3 Å². The number of nitrogens with zero attached hydrogens (tertiary/aromatic N) is 1. The molecule has 3 heterocycles. The lowest BCUT2D eigenvalue weighted by atomic mass is 9.69. The minimum absolute atomic E-state index is 0.314. The molecule has 1 aliphatic heterocycles. The number of fused-ring (bicyclic) bond motifs is 5. The standard InChI is InChI=1S/C32H23NOS/c1-20-16-17-33-19-25(20)23-9-7-8-22-24-18-21(14-15-30(24)35-31(22)23)32(2)26-10-3-5-12-28(26)34-29-13-6-4-11-27(29)32/h3-19H,1-2H3. The average Bonchev–Trinajstić information content (AvgIpc) is 3.27. The summed E-state index contributed by atoms with van der Waals surface area (Å²) in [5.74, 6) is 1.86. The Hall–Kier alpha value is -3.95. The van der Waals surface area contributed by atoms with Crippen LogP contribution < -0.4 is 4.74 Å². The maximum Gasteiger partial charge on any atom is 0.131 e. The summed E-state index contributed by atoms with van der Waals surface area (Å²) in [6, 6.07) is 32.6. The fourth-order valence-electron chi connectivity index (χ4n) is 5.58. The largest absolute Gasteiger partial charge is 0.457 e. The Kier molecular flexibility index (Phi) is 4.39. The normalized spacial score (nSPS) is 13.9. The van der Waals surface area contributed by atoms with Crippen molar-refractivity contribution in [2.45, 2.75) is 19.3 Å². The van der Waals surface area contributed by atoms with Crippen molar-refractivity contribution >= 4 is 31.5 Å². The number of aryl methyl sites for hydroxylation is 1. The zero-order valence-electron chi connectivity index (χ0n) is 19.6.